The zero-order chi connectivity index (χ0) is 15.0. The molecule has 1 fully saturated rings. The van der Waals surface area contributed by atoms with E-state index < -0.39 is 4.92 Å². The monoisotopic (exact) mass is 289 g/mol. The quantitative estimate of drug-likeness (QED) is 0.665. The number of nitrogens with two attached hydrogens (primary N) is 1. The van der Waals surface area contributed by atoms with Crippen LogP contribution in [0.2, 0.25) is 0 Å². The van der Waals surface area contributed by atoms with Crippen LogP contribution in [0.25, 0.3) is 11.0 Å². The van der Waals surface area contributed by atoms with E-state index in [0.717, 1.165) is 37.4 Å². The molecule has 0 radical (unpaired) electrons. The van der Waals surface area contributed by atoms with Gasteiger partial charge in [0.2, 0.25) is 5.95 Å². The fraction of sp³-hybridized carbons (Fsp3) is 0.500. The molecule has 2 heterocycles. The van der Waals surface area contributed by atoms with Crippen LogP contribution in [0.3, 0.4) is 0 Å². The summed E-state index contributed by atoms with van der Waals surface area (Å²) < 4.78 is 0. The predicted molar refractivity (Wildman–Crippen MR) is 81.3 cm³/mol. The Kier molecular flexibility index (Phi) is 3.50. The molecule has 0 amide bonds. The maximum Gasteiger partial charge on any atom is 0.271 e. The lowest BCUT2D eigenvalue weighted by atomic mass is 9.91. The molecule has 0 spiro atoms. The van der Waals surface area contributed by atoms with Crippen LogP contribution in [0.15, 0.2) is 18.2 Å². The summed E-state index contributed by atoms with van der Waals surface area (Å²) in [5, 5.41) is 10.8. The van der Waals surface area contributed by atoms with Crippen LogP contribution in [0.5, 0.6) is 0 Å². The topological polar surface area (TPSA) is 101 Å². The fourth-order valence-electron chi connectivity index (χ4n) is 2.92. The van der Waals surface area contributed by atoms with E-state index in [4.69, 9.17) is 5.73 Å². The number of hydrogen-bond donors (Lipinski definition) is 2. The third-order valence-electron chi connectivity index (χ3n) is 4.28. The molecule has 0 aliphatic carbocycles. The summed E-state index contributed by atoms with van der Waals surface area (Å²) in [5.74, 6) is 1.23. The second kappa shape index (κ2) is 5.33. The summed E-state index contributed by atoms with van der Waals surface area (Å²) in [4.78, 5) is 20.3. The van der Waals surface area contributed by atoms with E-state index in [2.05, 4.69) is 21.8 Å². The van der Waals surface area contributed by atoms with Crippen LogP contribution < -0.4 is 10.6 Å². The molecule has 1 aromatic heterocycles. The van der Waals surface area contributed by atoms with Gasteiger partial charge in [0.15, 0.2) is 0 Å². The van der Waals surface area contributed by atoms with Crippen molar-refractivity contribution in [2.24, 2.45) is 11.7 Å². The number of nitro groups is 1. The minimum atomic E-state index is -0.396. The number of aromatic nitrogens is 2. The minimum Gasteiger partial charge on any atom is -0.342 e. The number of non-ortho nitro benzene ring substituents is 1. The first kappa shape index (κ1) is 13.8. The van der Waals surface area contributed by atoms with Gasteiger partial charge in [-0.3, -0.25) is 10.1 Å². The molecule has 7 nitrogen and oxygen atoms in total. The van der Waals surface area contributed by atoms with Crippen molar-refractivity contribution in [1.29, 1.82) is 0 Å². The number of benzene rings is 1. The number of piperidine rings is 1. The lowest BCUT2D eigenvalue weighted by Gasteiger charge is -2.36. The number of imidazole rings is 1. The fourth-order valence-corrected chi connectivity index (χ4v) is 2.92. The Bertz CT molecular complexity index is 668. The highest BCUT2D eigenvalue weighted by Crippen LogP contribution is 2.26. The van der Waals surface area contributed by atoms with Gasteiger partial charge in [-0.15, -0.1) is 0 Å². The number of H-pyrrole nitrogens is 1. The highest BCUT2D eigenvalue weighted by Gasteiger charge is 2.27. The first-order valence-electron chi connectivity index (χ1n) is 7.23. The smallest absolute Gasteiger partial charge is 0.271 e. The SMILES string of the molecule is CCC1CN(c2nc3ccc([N+](=O)[O-])cc3[nH]2)CCC1N. The number of hydrogen-bond acceptors (Lipinski definition) is 5. The molecule has 1 saturated heterocycles. The van der Waals surface area contributed by atoms with Crippen molar-refractivity contribution < 1.29 is 4.92 Å². The molecule has 0 bridgehead atoms. The Hall–Kier alpha value is -2.15. The molecular formula is C14H19N5O2. The van der Waals surface area contributed by atoms with Crippen molar-refractivity contribution in [3.05, 3.63) is 28.3 Å². The van der Waals surface area contributed by atoms with Gasteiger partial charge >= 0.3 is 0 Å². The molecule has 21 heavy (non-hydrogen) atoms. The Morgan fingerprint density at radius 3 is 3.10 bits per heavy atom. The molecule has 7 heteroatoms. The van der Waals surface area contributed by atoms with Crippen LogP contribution in [0.1, 0.15) is 19.8 Å². The minimum absolute atomic E-state index is 0.0739. The number of nitro benzene ring substituents is 1. The summed E-state index contributed by atoms with van der Waals surface area (Å²) in [6.45, 7) is 3.88. The van der Waals surface area contributed by atoms with Gasteiger partial charge in [0, 0.05) is 31.3 Å². The molecule has 2 unspecified atom stereocenters. The molecule has 3 N–H and O–H groups in total. The average Bonchev–Trinajstić information content (AvgIpc) is 2.90. The third kappa shape index (κ3) is 2.56. The Morgan fingerprint density at radius 1 is 1.57 bits per heavy atom. The molecule has 1 aromatic carbocycles. The summed E-state index contributed by atoms with van der Waals surface area (Å²) >= 11 is 0. The van der Waals surface area contributed by atoms with E-state index in [0.29, 0.717) is 11.4 Å². The molecule has 2 aromatic rings. The van der Waals surface area contributed by atoms with Crippen LogP contribution in [0.4, 0.5) is 11.6 Å². The second-order valence-electron chi connectivity index (χ2n) is 5.59. The molecule has 3 rings (SSSR count). The summed E-state index contributed by atoms with van der Waals surface area (Å²) in [5.41, 5.74) is 7.64. The molecular weight excluding hydrogens is 270 g/mol. The van der Waals surface area contributed by atoms with E-state index in [1.165, 1.54) is 12.1 Å². The van der Waals surface area contributed by atoms with E-state index in [1.807, 2.05) is 0 Å². The highest BCUT2D eigenvalue weighted by molar-refractivity contribution is 5.80. The Balaban J connectivity index is 1.89. The lowest BCUT2D eigenvalue weighted by Crippen LogP contribution is -2.47. The van der Waals surface area contributed by atoms with Crippen molar-refractivity contribution in [3.8, 4) is 0 Å². The van der Waals surface area contributed by atoms with Gasteiger partial charge in [-0.2, -0.15) is 0 Å². The van der Waals surface area contributed by atoms with Gasteiger partial charge in [-0.25, -0.2) is 4.98 Å². The molecule has 112 valence electrons. The Labute approximate surface area is 122 Å². The van der Waals surface area contributed by atoms with Crippen LogP contribution in [-0.2, 0) is 0 Å². The van der Waals surface area contributed by atoms with Gasteiger partial charge < -0.3 is 15.6 Å². The van der Waals surface area contributed by atoms with Crippen molar-refractivity contribution >= 4 is 22.7 Å². The molecule has 1 aliphatic rings. The maximum absolute atomic E-state index is 10.8. The normalized spacial score (nSPS) is 22.7. The summed E-state index contributed by atoms with van der Waals surface area (Å²) in [7, 11) is 0. The predicted octanol–water partition coefficient (Wildman–Crippen LogP) is 2.03. The van der Waals surface area contributed by atoms with Gasteiger partial charge in [-0.1, -0.05) is 13.3 Å². The van der Waals surface area contributed by atoms with Gasteiger partial charge in [0.05, 0.1) is 16.0 Å². The largest absolute Gasteiger partial charge is 0.342 e. The molecule has 0 saturated carbocycles. The highest BCUT2D eigenvalue weighted by atomic mass is 16.6. The molecule has 1 aliphatic heterocycles. The van der Waals surface area contributed by atoms with Gasteiger partial charge in [-0.05, 0) is 18.4 Å². The summed E-state index contributed by atoms with van der Waals surface area (Å²) in [6, 6.07) is 4.93. The van der Waals surface area contributed by atoms with Gasteiger partial charge in [0.25, 0.3) is 5.69 Å². The standard InChI is InChI=1S/C14H19N5O2/c1-2-9-8-18(6-5-11(9)15)14-16-12-4-3-10(19(20)21)7-13(12)17-14/h3-4,7,9,11H,2,5-6,8,15H2,1H3,(H,16,17). The van der Waals surface area contributed by atoms with Crippen molar-refractivity contribution in [2.75, 3.05) is 18.0 Å². The van der Waals surface area contributed by atoms with E-state index in [1.54, 1.807) is 6.07 Å². The number of nitrogens with zero attached hydrogens (tertiary/aromatic N) is 3. The van der Waals surface area contributed by atoms with Crippen molar-refractivity contribution in [2.45, 2.75) is 25.8 Å². The zero-order valence-corrected chi connectivity index (χ0v) is 12.0. The van der Waals surface area contributed by atoms with Gasteiger partial charge in [0.1, 0.15) is 0 Å². The third-order valence-corrected chi connectivity index (χ3v) is 4.28. The van der Waals surface area contributed by atoms with E-state index in [-0.39, 0.29) is 11.7 Å². The van der Waals surface area contributed by atoms with E-state index >= 15 is 0 Å². The number of rotatable bonds is 3. The number of aromatic amines is 1. The number of fused-ring (bicyclic) bond motifs is 1. The zero-order valence-electron chi connectivity index (χ0n) is 12.0. The Morgan fingerprint density at radius 2 is 2.38 bits per heavy atom. The summed E-state index contributed by atoms with van der Waals surface area (Å²) in [6.07, 6.45) is 1.99. The van der Waals surface area contributed by atoms with Crippen LogP contribution in [0, 0.1) is 16.0 Å². The number of nitrogens with one attached hydrogen (secondary N) is 1. The average molecular weight is 289 g/mol. The lowest BCUT2D eigenvalue weighted by molar-refractivity contribution is -0.384. The van der Waals surface area contributed by atoms with Crippen LogP contribution >= 0.6 is 0 Å². The number of anilines is 1. The maximum atomic E-state index is 10.8. The molecule has 2 atom stereocenters. The first-order valence-corrected chi connectivity index (χ1v) is 7.23. The van der Waals surface area contributed by atoms with Crippen molar-refractivity contribution in [3.63, 3.8) is 0 Å². The van der Waals surface area contributed by atoms with E-state index in [9.17, 15) is 10.1 Å². The first-order chi connectivity index (χ1) is 10.1. The van der Waals surface area contributed by atoms with Crippen molar-refractivity contribution in [1.82, 2.24) is 9.97 Å². The van der Waals surface area contributed by atoms with Crippen LogP contribution in [-0.4, -0.2) is 34.0 Å². The second-order valence-corrected chi connectivity index (χ2v) is 5.59.